The Labute approximate surface area is 97.6 Å². The minimum absolute atomic E-state index is 0.618. The van der Waals surface area contributed by atoms with Crippen LogP contribution in [0.2, 0.25) is 0 Å². The van der Waals surface area contributed by atoms with Crippen molar-refractivity contribution in [3.63, 3.8) is 0 Å². The number of fused-ring (bicyclic) bond motifs is 1. The number of hydrogen-bond donors (Lipinski definition) is 1. The summed E-state index contributed by atoms with van der Waals surface area (Å²) in [7, 11) is 0. The standard InChI is InChI=1S/C15H19N/c1-2-5-12(6-3-1)9-10-15-14-8-4-7-13(14)11-16-15/h1-3,5-6,9-10,13-16H,4,7-8,11H2/b10-9+. The van der Waals surface area contributed by atoms with Gasteiger partial charge >= 0.3 is 0 Å². The third-order valence-electron chi connectivity index (χ3n) is 4.09. The molecule has 1 heterocycles. The van der Waals surface area contributed by atoms with Gasteiger partial charge in [-0.15, -0.1) is 0 Å². The Bertz CT molecular complexity index is 368. The summed E-state index contributed by atoms with van der Waals surface area (Å²) in [5, 5.41) is 3.64. The lowest BCUT2D eigenvalue weighted by molar-refractivity contribution is 0.456. The minimum Gasteiger partial charge on any atom is -0.310 e. The van der Waals surface area contributed by atoms with Crippen molar-refractivity contribution in [1.82, 2.24) is 5.32 Å². The predicted octanol–water partition coefficient (Wildman–Crippen LogP) is 3.09. The smallest absolute Gasteiger partial charge is 0.0284 e. The van der Waals surface area contributed by atoms with Crippen LogP contribution in [0.5, 0.6) is 0 Å². The van der Waals surface area contributed by atoms with Crippen LogP contribution in [-0.2, 0) is 0 Å². The van der Waals surface area contributed by atoms with Crippen LogP contribution in [0.4, 0.5) is 0 Å². The summed E-state index contributed by atoms with van der Waals surface area (Å²) in [6.45, 7) is 1.23. The average molecular weight is 213 g/mol. The molecule has 0 radical (unpaired) electrons. The minimum atomic E-state index is 0.618. The molecule has 0 amide bonds. The molecule has 1 saturated carbocycles. The van der Waals surface area contributed by atoms with Crippen LogP contribution in [0.1, 0.15) is 24.8 Å². The fraction of sp³-hybridized carbons (Fsp3) is 0.467. The van der Waals surface area contributed by atoms with E-state index >= 15 is 0 Å². The highest BCUT2D eigenvalue weighted by atomic mass is 15.0. The lowest BCUT2D eigenvalue weighted by atomic mass is 9.93. The normalized spacial score (nSPS) is 33.4. The fourth-order valence-electron chi connectivity index (χ4n) is 3.22. The van der Waals surface area contributed by atoms with E-state index in [9.17, 15) is 0 Å². The van der Waals surface area contributed by atoms with Crippen LogP contribution in [0.3, 0.4) is 0 Å². The van der Waals surface area contributed by atoms with Crippen molar-refractivity contribution in [2.24, 2.45) is 11.8 Å². The topological polar surface area (TPSA) is 12.0 Å². The molecule has 1 aromatic carbocycles. The summed E-state index contributed by atoms with van der Waals surface area (Å²) in [4.78, 5) is 0. The van der Waals surface area contributed by atoms with Crippen LogP contribution in [0, 0.1) is 11.8 Å². The molecule has 3 unspecified atom stereocenters. The zero-order valence-corrected chi connectivity index (χ0v) is 9.60. The highest BCUT2D eigenvalue weighted by molar-refractivity contribution is 5.49. The van der Waals surface area contributed by atoms with Gasteiger partial charge in [0.2, 0.25) is 0 Å². The Morgan fingerprint density at radius 3 is 2.88 bits per heavy atom. The van der Waals surface area contributed by atoms with E-state index < -0.39 is 0 Å². The Kier molecular flexibility index (Phi) is 2.79. The summed E-state index contributed by atoms with van der Waals surface area (Å²) < 4.78 is 0. The van der Waals surface area contributed by atoms with Crippen molar-refractivity contribution in [1.29, 1.82) is 0 Å². The number of rotatable bonds is 2. The monoisotopic (exact) mass is 213 g/mol. The Morgan fingerprint density at radius 1 is 1.12 bits per heavy atom. The van der Waals surface area contributed by atoms with E-state index in [-0.39, 0.29) is 0 Å². The SMILES string of the molecule is C(=C\C1NCC2CCCC21)/c1ccccc1. The summed E-state index contributed by atoms with van der Waals surface area (Å²) in [6.07, 6.45) is 8.92. The summed E-state index contributed by atoms with van der Waals surface area (Å²) in [6, 6.07) is 11.2. The van der Waals surface area contributed by atoms with Gasteiger partial charge in [0.15, 0.2) is 0 Å². The molecule has 84 valence electrons. The molecule has 1 aromatic rings. The highest BCUT2D eigenvalue weighted by Gasteiger charge is 2.37. The molecular formula is C15H19N. The van der Waals surface area contributed by atoms with Crippen LogP contribution in [-0.4, -0.2) is 12.6 Å². The predicted molar refractivity (Wildman–Crippen MR) is 68.1 cm³/mol. The molecule has 1 nitrogen and oxygen atoms in total. The molecule has 3 rings (SSSR count). The van der Waals surface area contributed by atoms with Crippen molar-refractivity contribution in [2.75, 3.05) is 6.54 Å². The van der Waals surface area contributed by atoms with Gasteiger partial charge in [0, 0.05) is 6.04 Å². The maximum atomic E-state index is 3.64. The van der Waals surface area contributed by atoms with E-state index in [2.05, 4.69) is 47.8 Å². The maximum Gasteiger partial charge on any atom is 0.0284 e. The van der Waals surface area contributed by atoms with Crippen molar-refractivity contribution in [3.05, 3.63) is 42.0 Å². The maximum absolute atomic E-state index is 3.64. The zero-order chi connectivity index (χ0) is 10.8. The van der Waals surface area contributed by atoms with Gasteiger partial charge < -0.3 is 5.32 Å². The van der Waals surface area contributed by atoms with Crippen LogP contribution < -0.4 is 5.32 Å². The molecule has 3 atom stereocenters. The van der Waals surface area contributed by atoms with Crippen molar-refractivity contribution in [2.45, 2.75) is 25.3 Å². The second kappa shape index (κ2) is 4.42. The van der Waals surface area contributed by atoms with Gasteiger partial charge in [0.25, 0.3) is 0 Å². The Balaban J connectivity index is 1.69. The molecular weight excluding hydrogens is 194 g/mol. The molecule has 0 bridgehead atoms. The molecule has 0 spiro atoms. The number of benzene rings is 1. The Hall–Kier alpha value is -1.08. The van der Waals surface area contributed by atoms with Gasteiger partial charge in [-0.25, -0.2) is 0 Å². The molecule has 1 N–H and O–H groups in total. The largest absolute Gasteiger partial charge is 0.310 e. The molecule has 1 saturated heterocycles. The fourth-order valence-corrected chi connectivity index (χ4v) is 3.22. The van der Waals surface area contributed by atoms with Crippen LogP contribution in [0.15, 0.2) is 36.4 Å². The molecule has 0 aromatic heterocycles. The first kappa shape index (κ1) is 10.1. The third-order valence-corrected chi connectivity index (χ3v) is 4.09. The first-order valence-corrected chi connectivity index (χ1v) is 6.40. The zero-order valence-electron chi connectivity index (χ0n) is 9.60. The van der Waals surface area contributed by atoms with E-state index in [0.717, 1.165) is 11.8 Å². The molecule has 2 fully saturated rings. The first-order chi connectivity index (χ1) is 7.93. The van der Waals surface area contributed by atoms with Crippen LogP contribution >= 0.6 is 0 Å². The molecule has 16 heavy (non-hydrogen) atoms. The van der Waals surface area contributed by atoms with Crippen molar-refractivity contribution < 1.29 is 0 Å². The number of nitrogens with one attached hydrogen (secondary N) is 1. The van der Waals surface area contributed by atoms with E-state index in [0.29, 0.717) is 6.04 Å². The summed E-state index contributed by atoms with van der Waals surface area (Å²) >= 11 is 0. The van der Waals surface area contributed by atoms with E-state index in [4.69, 9.17) is 0 Å². The molecule has 1 heteroatoms. The van der Waals surface area contributed by atoms with Gasteiger partial charge in [-0.3, -0.25) is 0 Å². The first-order valence-electron chi connectivity index (χ1n) is 6.40. The van der Waals surface area contributed by atoms with Gasteiger partial charge in [0.05, 0.1) is 0 Å². The highest BCUT2D eigenvalue weighted by Crippen LogP contribution is 2.38. The van der Waals surface area contributed by atoms with Gasteiger partial charge in [-0.2, -0.15) is 0 Å². The van der Waals surface area contributed by atoms with E-state index in [1.807, 2.05) is 0 Å². The van der Waals surface area contributed by atoms with E-state index in [1.54, 1.807) is 0 Å². The second-order valence-electron chi connectivity index (χ2n) is 5.06. The molecule has 2 aliphatic rings. The van der Waals surface area contributed by atoms with Gasteiger partial charge in [0.1, 0.15) is 0 Å². The third kappa shape index (κ3) is 1.92. The summed E-state index contributed by atoms with van der Waals surface area (Å²) in [5.74, 6) is 1.85. The van der Waals surface area contributed by atoms with Crippen molar-refractivity contribution >= 4 is 6.08 Å². The molecule has 1 aliphatic carbocycles. The quantitative estimate of drug-likeness (QED) is 0.796. The summed E-state index contributed by atoms with van der Waals surface area (Å²) in [5.41, 5.74) is 1.31. The Morgan fingerprint density at radius 2 is 2.00 bits per heavy atom. The van der Waals surface area contributed by atoms with Gasteiger partial charge in [-0.1, -0.05) is 48.9 Å². The van der Waals surface area contributed by atoms with Gasteiger partial charge in [-0.05, 0) is 36.8 Å². The lowest BCUT2D eigenvalue weighted by Gasteiger charge is -2.13. The molecule has 1 aliphatic heterocycles. The van der Waals surface area contributed by atoms with E-state index in [1.165, 1.54) is 31.4 Å². The second-order valence-corrected chi connectivity index (χ2v) is 5.06. The van der Waals surface area contributed by atoms with Crippen molar-refractivity contribution in [3.8, 4) is 0 Å². The number of hydrogen-bond acceptors (Lipinski definition) is 1. The van der Waals surface area contributed by atoms with Crippen LogP contribution in [0.25, 0.3) is 6.08 Å². The average Bonchev–Trinajstić information content (AvgIpc) is 2.90. The lowest BCUT2D eigenvalue weighted by Crippen LogP contribution is -2.23.